The number of hydrogen-bond donors (Lipinski definition) is 4. The number of amides is 2. The highest BCUT2D eigenvalue weighted by molar-refractivity contribution is 6.08. The fourth-order valence-electron chi connectivity index (χ4n) is 2.98. The summed E-state index contributed by atoms with van der Waals surface area (Å²) in [6, 6.07) is 16.1. The lowest BCUT2D eigenvalue weighted by molar-refractivity contribution is 0.101. The number of nitrogens with two attached hydrogens (primary N) is 1. The zero-order chi connectivity index (χ0) is 22.4. The molecule has 0 saturated heterocycles. The average molecular weight is 421 g/mol. The second-order valence-electron chi connectivity index (χ2n) is 6.57. The number of ether oxygens (including phenoxy) is 2. The molecule has 0 fully saturated rings. The van der Waals surface area contributed by atoms with Crippen molar-refractivity contribution in [2.24, 2.45) is 5.73 Å². The van der Waals surface area contributed by atoms with E-state index in [9.17, 15) is 14.7 Å². The van der Waals surface area contributed by atoms with Gasteiger partial charge in [-0.2, -0.15) is 0 Å². The van der Waals surface area contributed by atoms with Crippen LogP contribution in [0.15, 0.2) is 60.7 Å². The van der Waals surface area contributed by atoms with Crippen LogP contribution in [-0.4, -0.2) is 31.1 Å². The molecule has 0 atom stereocenters. The number of phenolic OH excluding ortho intramolecular Hbond substituents is 1. The number of nitrogens with one attached hydrogen (secondary N) is 2. The van der Waals surface area contributed by atoms with E-state index in [0.29, 0.717) is 34.0 Å². The van der Waals surface area contributed by atoms with Crippen molar-refractivity contribution in [3.8, 4) is 17.2 Å². The lowest BCUT2D eigenvalue weighted by atomic mass is 10.1. The molecule has 0 heterocycles. The van der Waals surface area contributed by atoms with Gasteiger partial charge in [-0.1, -0.05) is 18.2 Å². The predicted octanol–water partition coefficient (Wildman–Crippen LogP) is 3.37. The standard InChI is InChI=1S/C23H23N3O5/c1-30-20-10-8-14(11-21(20)31-2)22(28)25-16-9-7-15(13-24)18(12-16)26-23(29)17-5-3-4-6-19(17)27/h3-12,27H,13,24H2,1-2H3,(H,25,28)(H,26,29). The Balaban J connectivity index is 1.82. The summed E-state index contributed by atoms with van der Waals surface area (Å²) in [5, 5.41) is 15.4. The molecule has 8 nitrogen and oxygen atoms in total. The van der Waals surface area contributed by atoms with Crippen LogP contribution in [0.25, 0.3) is 0 Å². The molecule has 0 saturated carbocycles. The van der Waals surface area contributed by atoms with Gasteiger partial charge in [0.2, 0.25) is 0 Å². The smallest absolute Gasteiger partial charge is 0.259 e. The topological polar surface area (TPSA) is 123 Å². The number of hydrogen-bond acceptors (Lipinski definition) is 6. The van der Waals surface area contributed by atoms with Gasteiger partial charge < -0.3 is 30.9 Å². The number of para-hydroxylation sites is 1. The number of carbonyl (C=O) groups excluding carboxylic acids is 2. The van der Waals surface area contributed by atoms with Crippen LogP contribution >= 0.6 is 0 Å². The van der Waals surface area contributed by atoms with E-state index in [1.54, 1.807) is 48.5 Å². The van der Waals surface area contributed by atoms with E-state index in [1.807, 2.05) is 0 Å². The van der Waals surface area contributed by atoms with Crippen molar-refractivity contribution in [3.63, 3.8) is 0 Å². The predicted molar refractivity (Wildman–Crippen MR) is 118 cm³/mol. The molecule has 31 heavy (non-hydrogen) atoms. The molecule has 0 aromatic heterocycles. The highest BCUT2D eigenvalue weighted by Gasteiger charge is 2.15. The maximum atomic E-state index is 12.7. The second kappa shape index (κ2) is 9.64. The van der Waals surface area contributed by atoms with E-state index in [0.717, 1.165) is 0 Å². The molecular formula is C23H23N3O5. The van der Waals surface area contributed by atoms with Crippen LogP contribution < -0.4 is 25.8 Å². The molecule has 3 aromatic carbocycles. The third-order valence-electron chi connectivity index (χ3n) is 4.63. The summed E-state index contributed by atoms with van der Waals surface area (Å²) in [5.41, 5.74) is 7.86. The van der Waals surface area contributed by atoms with E-state index >= 15 is 0 Å². The van der Waals surface area contributed by atoms with E-state index in [-0.39, 0.29) is 23.8 Å². The van der Waals surface area contributed by atoms with Crippen LogP contribution in [0.2, 0.25) is 0 Å². The first kappa shape index (κ1) is 21.7. The van der Waals surface area contributed by atoms with Crippen LogP contribution in [0.3, 0.4) is 0 Å². The third-order valence-corrected chi connectivity index (χ3v) is 4.63. The fraction of sp³-hybridized carbons (Fsp3) is 0.130. The minimum Gasteiger partial charge on any atom is -0.507 e. The zero-order valence-corrected chi connectivity index (χ0v) is 17.1. The Hall–Kier alpha value is -4.04. The summed E-state index contributed by atoms with van der Waals surface area (Å²) < 4.78 is 10.4. The van der Waals surface area contributed by atoms with Gasteiger partial charge in [0.05, 0.1) is 19.8 Å². The lowest BCUT2D eigenvalue weighted by Gasteiger charge is -2.14. The molecule has 0 aliphatic rings. The minimum absolute atomic E-state index is 0.130. The molecule has 0 unspecified atom stereocenters. The number of methoxy groups -OCH3 is 2. The summed E-state index contributed by atoms with van der Waals surface area (Å²) >= 11 is 0. The Labute approximate surface area is 179 Å². The number of rotatable bonds is 7. The number of aromatic hydroxyl groups is 1. The fourth-order valence-corrected chi connectivity index (χ4v) is 2.98. The molecule has 0 bridgehead atoms. The lowest BCUT2D eigenvalue weighted by Crippen LogP contribution is -2.16. The first-order chi connectivity index (χ1) is 15.0. The van der Waals surface area contributed by atoms with E-state index < -0.39 is 5.91 Å². The van der Waals surface area contributed by atoms with Gasteiger partial charge in [-0.25, -0.2) is 0 Å². The molecule has 2 amide bonds. The SMILES string of the molecule is COc1ccc(C(=O)Nc2ccc(CN)c(NC(=O)c3ccccc3O)c2)cc1OC. The molecule has 0 radical (unpaired) electrons. The first-order valence-electron chi connectivity index (χ1n) is 9.42. The Morgan fingerprint density at radius 2 is 1.65 bits per heavy atom. The van der Waals surface area contributed by atoms with Crippen molar-refractivity contribution in [1.82, 2.24) is 0 Å². The third kappa shape index (κ3) is 4.93. The highest BCUT2D eigenvalue weighted by atomic mass is 16.5. The van der Waals surface area contributed by atoms with Crippen LogP contribution in [-0.2, 0) is 6.54 Å². The minimum atomic E-state index is -0.490. The Bertz CT molecular complexity index is 1110. The van der Waals surface area contributed by atoms with Gasteiger partial charge in [-0.15, -0.1) is 0 Å². The van der Waals surface area contributed by atoms with Crippen LogP contribution in [0.5, 0.6) is 17.2 Å². The number of anilines is 2. The van der Waals surface area contributed by atoms with Crippen molar-refractivity contribution in [3.05, 3.63) is 77.4 Å². The van der Waals surface area contributed by atoms with Gasteiger partial charge in [0.15, 0.2) is 11.5 Å². The number of phenols is 1. The van der Waals surface area contributed by atoms with Crippen molar-refractivity contribution in [2.75, 3.05) is 24.9 Å². The summed E-state index contributed by atoms with van der Waals surface area (Å²) in [6.45, 7) is 0.181. The Morgan fingerprint density at radius 3 is 2.32 bits per heavy atom. The summed E-state index contributed by atoms with van der Waals surface area (Å²) in [4.78, 5) is 25.2. The van der Waals surface area contributed by atoms with Crippen molar-refractivity contribution < 1.29 is 24.2 Å². The maximum absolute atomic E-state index is 12.7. The molecule has 0 spiro atoms. The summed E-state index contributed by atoms with van der Waals surface area (Å²) in [5.74, 6) is -0.0347. The summed E-state index contributed by atoms with van der Waals surface area (Å²) in [6.07, 6.45) is 0. The Morgan fingerprint density at radius 1 is 0.903 bits per heavy atom. The molecule has 0 aliphatic heterocycles. The molecule has 3 aromatic rings. The van der Waals surface area contributed by atoms with E-state index in [4.69, 9.17) is 15.2 Å². The molecule has 3 rings (SSSR count). The largest absolute Gasteiger partial charge is 0.507 e. The molecule has 5 N–H and O–H groups in total. The second-order valence-corrected chi connectivity index (χ2v) is 6.57. The van der Waals surface area contributed by atoms with Crippen molar-refractivity contribution >= 4 is 23.2 Å². The number of carbonyl (C=O) groups is 2. The quantitative estimate of drug-likeness (QED) is 0.464. The van der Waals surface area contributed by atoms with Crippen molar-refractivity contribution in [1.29, 1.82) is 0 Å². The first-order valence-corrected chi connectivity index (χ1v) is 9.42. The van der Waals surface area contributed by atoms with Gasteiger partial charge in [0.1, 0.15) is 5.75 Å². The molecular weight excluding hydrogens is 398 g/mol. The highest BCUT2D eigenvalue weighted by Crippen LogP contribution is 2.28. The molecule has 0 aliphatic carbocycles. The van der Waals surface area contributed by atoms with Gasteiger partial charge in [-0.3, -0.25) is 9.59 Å². The maximum Gasteiger partial charge on any atom is 0.259 e. The van der Waals surface area contributed by atoms with E-state index in [2.05, 4.69) is 10.6 Å². The normalized spacial score (nSPS) is 10.3. The van der Waals surface area contributed by atoms with Crippen LogP contribution in [0.1, 0.15) is 26.3 Å². The average Bonchev–Trinajstić information content (AvgIpc) is 2.79. The Kier molecular flexibility index (Phi) is 6.74. The number of benzene rings is 3. The summed E-state index contributed by atoms with van der Waals surface area (Å²) in [7, 11) is 3.01. The molecule has 160 valence electrons. The van der Waals surface area contributed by atoms with Gasteiger partial charge in [0, 0.05) is 23.5 Å². The molecule has 8 heteroatoms. The zero-order valence-electron chi connectivity index (χ0n) is 17.1. The van der Waals surface area contributed by atoms with Crippen molar-refractivity contribution in [2.45, 2.75) is 6.54 Å². The van der Waals surface area contributed by atoms with Crippen LogP contribution in [0.4, 0.5) is 11.4 Å². The van der Waals surface area contributed by atoms with Crippen LogP contribution in [0, 0.1) is 0 Å². The van der Waals surface area contributed by atoms with Gasteiger partial charge in [0.25, 0.3) is 11.8 Å². The monoisotopic (exact) mass is 421 g/mol. The van der Waals surface area contributed by atoms with E-state index in [1.165, 1.54) is 26.4 Å². The van der Waals surface area contributed by atoms with Gasteiger partial charge >= 0.3 is 0 Å². The van der Waals surface area contributed by atoms with Gasteiger partial charge in [-0.05, 0) is 48.0 Å².